The van der Waals surface area contributed by atoms with Crippen LogP contribution in [-0.2, 0) is 10.0 Å². The predicted octanol–water partition coefficient (Wildman–Crippen LogP) is 2.98. The molecule has 0 amide bonds. The topological polar surface area (TPSA) is 67.4 Å². The fraction of sp³-hybridized carbons (Fsp3) is 0.571. The highest BCUT2D eigenvalue weighted by atomic mass is 79.9. The van der Waals surface area contributed by atoms with E-state index in [9.17, 15) is 8.42 Å². The van der Waals surface area contributed by atoms with Crippen LogP contribution in [0.5, 0.6) is 5.75 Å². The van der Waals surface area contributed by atoms with E-state index in [0.717, 1.165) is 13.0 Å². The lowest BCUT2D eigenvalue weighted by atomic mass is 10.3. The zero-order valence-electron chi connectivity index (χ0n) is 12.6. The Morgan fingerprint density at radius 3 is 2.62 bits per heavy atom. The van der Waals surface area contributed by atoms with Gasteiger partial charge in [-0.25, -0.2) is 8.42 Å². The molecule has 0 fully saturated rings. The van der Waals surface area contributed by atoms with Crippen molar-refractivity contribution in [1.29, 1.82) is 0 Å². The van der Waals surface area contributed by atoms with Gasteiger partial charge in [-0.2, -0.15) is 0 Å². The van der Waals surface area contributed by atoms with Gasteiger partial charge in [0.15, 0.2) is 0 Å². The Kier molecular flexibility index (Phi) is 7.48. The molecule has 1 aromatic carbocycles. The standard InChI is InChI=1S/C14H23BrN2O3S/c1-11(2)16-8-4-5-9-21(18,19)17-14-10-12(20-3)6-7-13(14)15/h6-7,10-11,16-17H,4-5,8-9H2,1-3H3. The minimum atomic E-state index is -3.35. The van der Waals surface area contributed by atoms with Gasteiger partial charge in [0.05, 0.1) is 18.6 Å². The summed E-state index contributed by atoms with van der Waals surface area (Å²) in [5, 5.41) is 3.27. The molecule has 0 saturated carbocycles. The Balaban J connectivity index is 2.52. The molecule has 21 heavy (non-hydrogen) atoms. The monoisotopic (exact) mass is 378 g/mol. The number of ether oxygens (including phenoxy) is 1. The molecule has 0 aliphatic heterocycles. The molecule has 0 radical (unpaired) electrons. The van der Waals surface area contributed by atoms with Crippen LogP contribution in [0.25, 0.3) is 0 Å². The smallest absolute Gasteiger partial charge is 0.232 e. The lowest BCUT2D eigenvalue weighted by Crippen LogP contribution is -2.24. The Hall–Kier alpha value is -0.790. The van der Waals surface area contributed by atoms with Gasteiger partial charge in [-0.3, -0.25) is 4.72 Å². The first kappa shape index (κ1) is 18.3. The number of halogens is 1. The second kappa shape index (κ2) is 8.60. The molecule has 0 bridgehead atoms. The molecule has 1 aromatic rings. The highest BCUT2D eigenvalue weighted by Crippen LogP contribution is 2.28. The fourth-order valence-electron chi connectivity index (χ4n) is 1.74. The molecule has 7 heteroatoms. The minimum absolute atomic E-state index is 0.108. The Bertz CT molecular complexity index is 547. The second-order valence-electron chi connectivity index (χ2n) is 5.08. The number of sulfonamides is 1. The van der Waals surface area contributed by atoms with Crippen molar-refractivity contribution in [2.24, 2.45) is 0 Å². The summed E-state index contributed by atoms with van der Waals surface area (Å²) in [5.41, 5.74) is 0.495. The summed E-state index contributed by atoms with van der Waals surface area (Å²) in [4.78, 5) is 0. The number of methoxy groups -OCH3 is 1. The van der Waals surface area contributed by atoms with Crippen LogP contribution in [-0.4, -0.2) is 33.9 Å². The van der Waals surface area contributed by atoms with Crippen LogP contribution in [0.4, 0.5) is 5.69 Å². The SMILES string of the molecule is COc1ccc(Br)c(NS(=O)(=O)CCCCNC(C)C)c1. The number of nitrogens with one attached hydrogen (secondary N) is 2. The molecule has 0 saturated heterocycles. The van der Waals surface area contributed by atoms with Gasteiger partial charge in [0.2, 0.25) is 10.0 Å². The third kappa shape index (κ3) is 7.15. The van der Waals surface area contributed by atoms with E-state index in [-0.39, 0.29) is 5.75 Å². The molecule has 5 nitrogen and oxygen atoms in total. The number of hydrogen-bond acceptors (Lipinski definition) is 4. The molecule has 0 unspecified atom stereocenters. The Morgan fingerprint density at radius 1 is 1.29 bits per heavy atom. The van der Waals surface area contributed by atoms with E-state index >= 15 is 0 Å². The normalized spacial score (nSPS) is 11.7. The average Bonchev–Trinajstić information content (AvgIpc) is 2.40. The number of hydrogen-bond donors (Lipinski definition) is 2. The van der Waals surface area contributed by atoms with E-state index in [1.807, 2.05) is 0 Å². The van der Waals surface area contributed by atoms with Gasteiger partial charge < -0.3 is 10.1 Å². The van der Waals surface area contributed by atoms with Crippen molar-refractivity contribution in [3.63, 3.8) is 0 Å². The zero-order chi connectivity index (χ0) is 15.9. The van der Waals surface area contributed by atoms with Crippen LogP contribution in [0, 0.1) is 0 Å². The van der Waals surface area contributed by atoms with E-state index in [2.05, 4.69) is 39.8 Å². The summed E-state index contributed by atoms with van der Waals surface area (Å²) in [6.45, 7) is 4.97. The quantitative estimate of drug-likeness (QED) is 0.648. The number of benzene rings is 1. The van der Waals surface area contributed by atoms with E-state index in [1.165, 1.54) is 0 Å². The first-order valence-electron chi connectivity index (χ1n) is 6.91. The molecule has 0 aromatic heterocycles. The van der Waals surface area contributed by atoms with Gasteiger partial charge in [-0.15, -0.1) is 0 Å². The molecule has 0 aliphatic rings. The van der Waals surface area contributed by atoms with Crippen LogP contribution < -0.4 is 14.8 Å². The first-order chi connectivity index (χ1) is 9.84. The largest absolute Gasteiger partial charge is 0.497 e. The highest BCUT2D eigenvalue weighted by molar-refractivity contribution is 9.10. The van der Waals surface area contributed by atoms with Crippen LogP contribution in [0.1, 0.15) is 26.7 Å². The predicted molar refractivity (Wildman–Crippen MR) is 90.5 cm³/mol. The number of anilines is 1. The molecule has 120 valence electrons. The van der Waals surface area contributed by atoms with E-state index < -0.39 is 10.0 Å². The van der Waals surface area contributed by atoms with Gasteiger partial charge in [-0.05, 0) is 47.4 Å². The van der Waals surface area contributed by atoms with Gasteiger partial charge >= 0.3 is 0 Å². The molecule has 0 heterocycles. The molecular weight excluding hydrogens is 356 g/mol. The van der Waals surface area contributed by atoms with Crippen molar-refractivity contribution in [3.05, 3.63) is 22.7 Å². The lowest BCUT2D eigenvalue weighted by Gasteiger charge is -2.11. The summed E-state index contributed by atoms with van der Waals surface area (Å²) in [7, 11) is -1.80. The zero-order valence-corrected chi connectivity index (χ0v) is 15.1. The van der Waals surface area contributed by atoms with Gasteiger partial charge in [-0.1, -0.05) is 13.8 Å². The Labute approximate surface area is 135 Å². The molecule has 2 N–H and O–H groups in total. The fourth-order valence-corrected chi connectivity index (χ4v) is 3.40. The van der Waals surface area contributed by atoms with Gasteiger partial charge in [0.25, 0.3) is 0 Å². The van der Waals surface area contributed by atoms with E-state index in [1.54, 1.807) is 25.3 Å². The van der Waals surface area contributed by atoms with E-state index in [4.69, 9.17) is 4.74 Å². The molecule has 0 aliphatic carbocycles. The number of unbranched alkanes of at least 4 members (excludes halogenated alkanes) is 1. The van der Waals surface area contributed by atoms with Crippen LogP contribution in [0.3, 0.4) is 0 Å². The van der Waals surface area contributed by atoms with Crippen molar-refractivity contribution in [3.8, 4) is 5.75 Å². The second-order valence-corrected chi connectivity index (χ2v) is 7.78. The first-order valence-corrected chi connectivity index (χ1v) is 9.36. The van der Waals surface area contributed by atoms with Crippen molar-refractivity contribution in [2.45, 2.75) is 32.7 Å². The lowest BCUT2D eigenvalue weighted by molar-refractivity contribution is 0.415. The van der Waals surface area contributed by atoms with Crippen molar-refractivity contribution in [2.75, 3.05) is 24.1 Å². The van der Waals surface area contributed by atoms with Crippen LogP contribution in [0.2, 0.25) is 0 Å². The minimum Gasteiger partial charge on any atom is -0.497 e. The summed E-state index contributed by atoms with van der Waals surface area (Å²) in [6, 6.07) is 5.59. The van der Waals surface area contributed by atoms with Gasteiger partial charge in [0, 0.05) is 16.6 Å². The highest BCUT2D eigenvalue weighted by Gasteiger charge is 2.12. The van der Waals surface area contributed by atoms with Crippen LogP contribution in [0.15, 0.2) is 22.7 Å². The van der Waals surface area contributed by atoms with Crippen LogP contribution >= 0.6 is 15.9 Å². The molecular formula is C14H23BrN2O3S. The summed E-state index contributed by atoms with van der Waals surface area (Å²) >= 11 is 3.33. The maximum absolute atomic E-state index is 12.1. The van der Waals surface area contributed by atoms with Gasteiger partial charge in [0.1, 0.15) is 5.75 Å². The van der Waals surface area contributed by atoms with Crippen molar-refractivity contribution >= 4 is 31.6 Å². The van der Waals surface area contributed by atoms with Crippen molar-refractivity contribution < 1.29 is 13.2 Å². The third-order valence-electron chi connectivity index (χ3n) is 2.83. The Morgan fingerprint density at radius 2 is 2.00 bits per heavy atom. The maximum atomic E-state index is 12.1. The summed E-state index contributed by atoms with van der Waals surface area (Å²) < 4.78 is 32.5. The maximum Gasteiger partial charge on any atom is 0.232 e. The number of rotatable bonds is 9. The molecule has 0 atom stereocenters. The third-order valence-corrected chi connectivity index (χ3v) is 4.88. The molecule has 1 rings (SSSR count). The summed E-state index contributed by atoms with van der Waals surface area (Å²) in [5.74, 6) is 0.716. The summed E-state index contributed by atoms with van der Waals surface area (Å²) in [6.07, 6.45) is 1.45. The molecule has 0 spiro atoms. The average molecular weight is 379 g/mol. The van der Waals surface area contributed by atoms with Crippen molar-refractivity contribution in [1.82, 2.24) is 5.32 Å². The van der Waals surface area contributed by atoms with E-state index in [0.29, 0.717) is 28.4 Å².